The average molecular weight is 429 g/mol. The third-order valence-electron chi connectivity index (χ3n) is 4.49. The van der Waals surface area contributed by atoms with Gasteiger partial charge in [-0.25, -0.2) is 8.42 Å². The number of hydrogen-bond donors (Lipinski definition) is 0. The van der Waals surface area contributed by atoms with Crippen molar-refractivity contribution in [3.05, 3.63) is 95.0 Å². The average Bonchev–Trinajstić information content (AvgIpc) is 2.72. The van der Waals surface area contributed by atoms with E-state index in [0.29, 0.717) is 16.3 Å². The second kappa shape index (κ2) is 8.68. The molecule has 0 radical (unpaired) electrons. The number of benzene rings is 3. The van der Waals surface area contributed by atoms with Crippen molar-refractivity contribution in [2.45, 2.75) is 6.54 Å². The van der Waals surface area contributed by atoms with Gasteiger partial charge in [-0.15, -0.1) is 0 Å². The smallest absolute Gasteiger partial charge is 0.258 e. The van der Waals surface area contributed by atoms with Crippen molar-refractivity contribution in [1.29, 1.82) is 0 Å². The normalized spacial score (nSPS) is 11.1. The zero-order valence-corrected chi connectivity index (χ0v) is 17.7. The first kappa shape index (κ1) is 20.9. The molecule has 5 nitrogen and oxygen atoms in total. The summed E-state index contributed by atoms with van der Waals surface area (Å²) in [6, 6.07) is 22.9. The lowest BCUT2D eigenvalue weighted by Gasteiger charge is -2.23. The minimum Gasteiger partial charge on any atom is -0.311 e. The Hall–Kier alpha value is -2.83. The van der Waals surface area contributed by atoms with Crippen molar-refractivity contribution in [1.82, 2.24) is 0 Å². The summed E-state index contributed by atoms with van der Waals surface area (Å²) in [6.45, 7) is 0.174. The molecule has 0 saturated carbocycles. The van der Waals surface area contributed by atoms with Gasteiger partial charge in [-0.3, -0.25) is 9.10 Å². The molecule has 29 heavy (non-hydrogen) atoms. The SMILES string of the molecule is CN(C(=O)c1ccc(N(Cc2ccc(Cl)cc2)S(C)(=O)=O)cc1)c1ccccc1. The molecule has 0 unspecified atom stereocenters. The fraction of sp³-hybridized carbons (Fsp3) is 0.136. The second-order valence-electron chi connectivity index (χ2n) is 6.64. The topological polar surface area (TPSA) is 57.7 Å². The zero-order valence-electron chi connectivity index (χ0n) is 16.1. The zero-order chi connectivity index (χ0) is 21.0. The van der Waals surface area contributed by atoms with E-state index in [1.165, 1.54) is 4.31 Å². The van der Waals surface area contributed by atoms with Gasteiger partial charge in [0.15, 0.2) is 0 Å². The number of rotatable bonds is 6. The Morgan fingerprint density at radius 2 is 1.45 bits per heavy atom. The number of amides is 1. The Bertz CT molecular complexity index is 1080. The van der Waals surface area contributed by atoms with E-state index in [0.717, 1.165) is 17.5 Å². The molecule has 3 rings (SSSR count). The Kier molecular flexibility index (Phi) is 6.25. The molecule has 7 heteroatoms. The van der Waals surface area contributed by atoms with E-state index in [-0.39, 0.29) is 12.5 Å². The maximum absolute atomic E-state index is 12.7. The second-order valence-corrected chi connectivity index (χ2v) is 8.99. The summed E-state index contributed by atoms with van der Waals surface area (Å²) in [4.78, 5) is 14.3. The van der Waals surface area contributed by atoms with Crippen LogP contribution in [0.4, 0.5) is 11.4 Å². The molecule has 1 amide bonds. The van der Waals surface area contributed by atoms with Crippen molar-refractivity contribution in [3.63, 3.8) is 0 Å². The minimum absolute atomic E-state index is 0.174. The summed E-state index contributed by atoms with van der Waals surface area (Å²) in [6.07, 6.45) is 1.16. The van der Waals surface area contributed by atoms with Gasteiger partial charge >= 0.3 is 0 Å². The molecular formula is C22H21ClN2O3S. The van der Waals surface area contributed by atoms with Crippen LogP contribution in [0.15, 0.2) is 78.9 Å². The van der Waals surface area contributed by atoms with Crippen LogP contribution in [0.25, 0.3) is 0 Å². The fourth-order valence-corrected chi connectivity index (χ4v) is 3.90. The van der Waals surface area contributed by atoms with E-state index in [4.69, 9.17) is 11.6 Å². The number of anilines is 2. The highest BCUT2D eigenvalue weighted by Gasteiger charge is 2.19. The molecule has 150 valence electrons. The maximum atomic E-state index is 12.7. The first-order valence-electron chi connectivity index (χ1n) is 8.91. The molecule has 0 heterocycles. The van der Waals surface area contributed by atoms with Crippen molar-refractivity contribution in [2.24, 2.45) is 0 Å². The number of nitrogens with zero attached hydrogens (tertiary/aromatic N) is 2. The van der Waals surface area contributed by atoms with E-state index in [1.807, 2.05) is 30.3 Å². The van der Waals surface area contributed by atoms with Crippen LogP contribution in [-0.2, 0) is 16.6 Å². The third kappa shape index (κ3) is 5.16. The predicted molar refractivity (Wildman–Crippen MR) is 118 cm³/mol. The lowest BCUT2D eigenvalue weighted by atomic mass is 10.1. The molecule has 0 aliphatic heterocycles. The lowest BCUT2D eigenvalue weighted by Crippen LogP contribution is -2.29. The molecule has 3 aromatic rings. The van der Waals surface area contributed by atoms with Crippen LogP contribution in [0.3, 0.4) is 0 Å². The monoisotopic (exact) mass is 428 g/mol. The van der Waals surface area contributed by atoms with Gasteiger partial charge in [0.1, 0.15) is 0 Å². The van der Waals surface area contributed by atoms with Crippen LogP contribution in [0.2, 0.25) is 5.02 Å². The summed E-state index contributed by atoms with van der Waals surface area (Å²) in [5.74, 6) is -0.175. The van der Waals surface area contributed by atoms with Gasteiger partial charge in [-0.1, -0.05) is 41.9 Å². The molecule has 3 aromatic carbocycles. The number of halogens is 1. The van der Waals surface area contributed by atoms with Gasteiger partial charge in [0.25, 0.3) is 5.91 Å². The number of sulfonamides is 1. The standard InChI is InChI=1S/C22H21ClN2O3S/c1-24(20-6-4-3-5-7-20)22(26)18-10-14-21(15-11-18)25(29(2,27)28)16-17-8-12-19(23)13-9-17/h3-15H,16H2,1-2H3. The molecule has 0 N–H and O–H groups in total. The quantitative estimate of drug-likeness (QED) is 0.577. The fourth-order valence-electron chi connectivity index (χ4n) is 2.89. The van der Waals surface area contributed by atoms with Gasteiger partial charge in [0.2, 0.25) is 10.0 Å². The van der Waals surface area contributed by atoms with Crippen LogP contribution < -0.4 is 9.21 Å². The molecule has 0 spiro atoms. The molecule has 0 aromatic heterocycles. The van der Waals surface area contributed by atoms with Gasteiger partial charge in [-0.2, -0.15) is 0 Å². The van der Waals surface area contributed by atoms with Gasteiger partial charge in [0, 0.05) is 23.3 Å². The van der Waals surface area contributed by atoms with Crippen molar-refractivity contribution >= 4 is 38.9 Å². The molecule has 0 fully saturated rings. The predicted octanol–water partition coefficient (Wildman–Crippen LogP) is 4.58. The molecular weight excluding hydrogens is 408 g/mol. The van der Waals surface area contributed by atoms with Gasteiger partial charge in [-0.05, 0) is 54.1 Å². The van der Waals surface area contributed by atoms with Crippen LogP contribution in [0.1, 0.15) is 15.9 Å². The first-order chi connectivity index (χ1) is 13.8. The maximum Gasteiger partial charge on any atom is 0.258 e. The summed E-state index contributed by atoms with van der Waals surface area (Å²) >= 11 is 5.90. The number of para-hydroxylation sites is 1. The molecule has 0 atom stereocenters. The van der Waals surface area contributed by atoms with E-state index in [1.54, 1.807) is 60.5 Å². The van der Waals surface area contributed by atoms with E-state index < -0.39 is 10.0 Å². The van der Waals surface area contributed by atoms with Gasteiger partial charge in [0.05, 0.1) is 18.5 Å². The summed E-state index contributed by atoms with van der Waals surface area (Å²) in [7, 11) is -1.81. The van der Waals surface area contributed by atoms with Crippen LogP contribution in [0, 0.1) is 0 Å². The Balaban J connectivity index is 1.84. The van der Waals surface area contributed by atoms with Crippen molar-refractivity contribution in [2.75, 3.05) is 22.5 Å². The minimum atomic E-state index is -3.51. The van der Waals surface area contributed by atoms with Crippen LogP contribution >= 0.6 is 11.6 Å². The Morgan fingerprint density at radius 3 is 2.00 bits per heavy atom. The molecule has 0 aliphatic carbocycles. The van der Waals surface area contributed by atoms with E-state index in [9.17, 15) is 13.2 Å². The molecule has 0 aliphatic rings. The Labute approximate surface area is 176 Å². The highest BCUT2D eigenvalue weighted by molar-refractivity contribution is 7.92. The van der Waals surface area contributed by atoms with E-state index in [2.05, 4.69) is 0 Å². The Morgan fingerprint density at radius 1 is 0.862 bits per heavy atom. The molecule has 0 saturated heterocycles. The number of hydrogen-bond acceptors (Lipinski definition) is 3. The number of carbonyl (C=O) groups is 1. The number of carbonyl (C=O) groups excluding carboxylic acids is 1. The highest BCUT2D eigenvalue weighted by atomic mass is 35.5. The van der Waals surface area contributed by atoms with Crippen molar-refractivity contribution in [3.8, 4) is 0 Å². The summed E-state index contributed by atoms with van der Waals surface area (Å²) in [5, 5.41) is 0.588. The summed E-state index contributed by atoms with van der Waals surface area (Å²) in [5.41, 5.74) is 2.55. The van der Waals surface area contributed by atoms with Gasteiger partial charge < -0.3 is 4.90 Å². The largest absolute Gasteiger partial charge is 0.311 e. The van der Waals surface area contributed by atoms with E-state index >= 15 is 0 Å². The third-order valence-corrected chi connectivity index (χ3v) is 5.88. The van der Waals surface area contributed by atoms with Crippen molar-refractivity contribution < 1.29 is 13.2 Å². The highest BCUT2D eigenvalue weighted by Crippen LogP contribution is 2.23. The molecule has 0 bridgehead atoms. The van der Waals surface area contributed by atoms with Crippen LogP contribution in [-0.4, -0.2) is 27.6 Å². The lowest BCUT2D eigenvalue weighted by molar-refractivity contribution is 0.0993. The summed E-state index contributed by atoms with van der Waals surface area (Å²) < 4.78 is 26.0. The first-order valence-corrected chi connectivity index (χ1v) is 11.1. The van der Waals surface area contributed by atoms with Crippen LogP contribution in [0.5, 0.6) is 0 Å².